The molecule has 1 aliphatic rings. The average Bonchev–Trinajstić information content (AvgIpc) is 2.64. The maximum absolute atomic E-state index is 13.0. The standard InChI is InChI=1S/C19H22FN3O4S/c1-28(26,27)18-4-2-3-17(19(18)23(24)25)21-16-9-11-22(12-10-16)13-14-5-7-15(20)8-6-14/h2-8,16,21H,9-13H2,1H3. The highest BCUT2D eigenvalue weighted by Crippen LogP contribution is 2.33. The number of para-hydroxylation sites is 1. The summed E-state index contributed by atoms with van der Waals surface area (Å²) in [7, 11) is -3.70. The van der Waals surface area contributed by atoms with Crippen LogP contribution in [0.1, 0.15) is 18.4 Å². The normalized spacial score (nSPS) is 16.1. The lowest BCUT2D eigenvalue weighted by molar-refractivity contribution is -0.386. The number of halogens is 1. The summed E-state index contributed by atoms with van der Waals surface area (Å²) in [5.74, 6) is -0.260. The van der Waals surface area contributed by atoms with Gasteiger partial charge in [0.25, 0.3) is 0 Å². The van der Waals surface area contributed by atoms with Gasteiger partial charge in [-0.2, -0.15) is 0 Å². The minimum atomic E-state index is -3.70. The first-order valence-electron chi connectivity index (χ1n) is 8.95. The van der Waals surface area contributed by atoms with Gasteiger partial charge in [0.15, 0.2) is 9.84 Å². The number of hydrogen-bond acceptors (Lipinski definition) is 6. The zero-order chi connectivity index (χ0) is 20.3. The Kier molecular flexibility index (Phi) is 5.95. The first kappa shape index (κ1) is 20.2. The summed E-state index contributed by atoms with van der Waals surface area (Å²) in [6.45, 7) is 2.29. The zero-order valence-corrected chi connectivity index (χ0v) is 16.3. The van der Waals surface area contributed by atoms with E-state index >= 15 is 0 Å². The van der Waals surface area contributed by atoms with Gasteiger partial charge in [-0.3, -0.25) is 15.0 Å². The van der Waals surface area contributed by atoms with Crippen molar-refractivity contribution in [2.24, 2.45) is 0 Å². The first-order chi connectivity index (χ1) is 13.2. The third kappa shape index (κ3) is 4.85. The maximum Gasteiger partial charge on any atom is 0.310 e. The van der Waals surface area contributed by atoms with Crippen molar-refractivity contribution in [2.75, 3.05) is 24.7 Å². The minimum Gasteiger partial charge on any atom is -0.377 e. The largest absolute Gasteiger partial charge is 0.377 e. The molecule has 0 radical (unpaired) electrons. The lowest BCUT2D eigenvalue weighted by Gasteiger charge is -2.32. The van der Waals surface area contributed by atoms with Gasteiger partial charge < -0.3 is 5.32 Å². The van der Waals surface area contributed by atoms with Gasteiger partial charge in [-0.25, -0.2) is 12.8 Å². The monoisotopic (exact) mass is 407 g/mol. The molecule has 0 aliphatic carbocycles. The number of benzene rings is 2. The predicted molar refractivity (Wildman–Crippen MR) is 105 cm³/mol. The molecule has 1 heterocycles. The molecule has 1 fully saturated rings. The summed E-state index contributed by atoms with van der Waals surface area (Å²) < 4.78 is 36.8. The van der Waals surface area contributed by atoms with Gasteiger partial charge in [0.2, 0.25) is 0 Å². The third-order valence-corrected chi connectivity index (χ3v) is 5.98. The molecule has 2 aromatic rings. The van der Waals surface area contributed by atoms with E-state index in [0.29, 0.717) is 0 Å². The molecule has 0 atom stereocenters. The second-order valence-corrected chi connectivity index (χ2v) is 8.99. The molecule has 150 valence electrons. The van der Waals surface area contributed by atoms with Crippen molar-refractivity contribution in [3.05, 3.63) is 64.0 Å². The number of sulfone groups is 1. The second kappa shape index (κ2) is 8.24. The molecule has 0 saturated carbocycles. The number of rotatable bonds is 6. The molecule has 1 N–H and O–H groups in total. The average molecular weight is 407 g/mol. The van der Waals surface area contributed by atoms with E-state index in [1.54, 1.807) is 12.1 Å². The summed E-state index contributed by atoms with van der Waals surface area (Å²) in [6, 6.07) is 10.7. The maximum atomic E-state index is 13.0. The van der Waals surface area contributed by atoms with E-state index in [1.165, 1.54) is 30.3 Å². The Morgan fingerprint density at radius 1 is 1.18 bits per heavy atom. The van der Waals surface area contributed by atoms with Crippen molar-refractivity contribution in [1.82, 2.24) is 4.90 Å². The number of piperidine rings is 1. The lowest BCUT2D eigenvalue weighted by Crippen LogP contribution is -2.38. The first-order valence-corrected chi connectivity index (χ1v) is 10.8. The summed E-state index contributed by atoms with van der Waals surface area (Å²) >= 11 is 0. The summed E-state index contributed by atoms with van der Waals surface area (Å²) in [5.41, 5.74) is 0.855. The number of nitrogens with zero attached hydrogens (tertiary/aromatic N) is 2. The fourth-order valence-electron chi connectivity index (χ4n) is 3.43. The van der Waals surface area contributed by atoms with E-state index in [2.05, 4.69) is 10.2 Å². The van der Waals surface area contributed by atoms with E-state index in [9.17, 15) is 22.9 Å². The van der Waals surface area contributed by atoms with Crippen molar-refractivity contribution in [3.8, 4) is 0 Å². The summed E-state index contributed by atoms with van der Waals surface area (Å²) in [4.78, 5) is 12.8. The Morgan fingerprint density at radius 3 is 2.39 bits per heavy atom. The van der Waals surface area contributed by atoms with Gasteiger partial charge in [-0.05, 0) is 42.7 Å². The van der Waals surface area contributed by atoms with Crippen LogP contribution in [0.4, 0.5) is 15.8 Å². The Bertz CT molecular complexity index is 956. The van der Waals surface area contributed by atoms with E-state index in [1.807, 2.05) is 0 Å². The van der Waals surface area contributed by atoms with Gasteiger partial charge in [0, 0.05) is 31.9 Å². The summed E-state index contributed by atoms with van der Waals surface area (Å²) in [6.07, 6.45) is 2.50. The van der Waals surface area contributed by atoms with Crippen LogP contribution in [0.2, 0.25) is 0 Å². The molecule has 2 aromatic carbocycles. The molecule has 0 unspecified atom stereocenters. The van der Waals surface area contributed by atoms with Gasteiger partial charge in [0.05, 0.1) is 4.92 Å². The van der Waals surface area contributed by atoms with Crippen molar-refractivity contribution >= 4 is 21.2 Å². The molecular weight excluding hydrogens is 385 g/mol. The zero-order valence-electron chi connectivity index (χ0n) is 15.5. The van der Waals surface area contributed by atoms with Crippen molar-refractivity contribution < 1.29 is 17.7 Å². The van der Waals surface area contributed by atoms with E-state index in [0.717, 1.165) is 44.3 Å². The lowest BCUT2D eigenvalue weighted by atomic mass is 10.0. The van der Waals surface area contributed by atoms with Crippen molar-refractivity contribution in [1.29, 1.82) is 0 Å². The molecule has 3 rings (SSSR count). The van der Waals surface area contributed by atoms with Crippen molar-refractivity contribution in [2.45, 2.75) is 30.3 Å². The topological polar surface area (TPSA) is 92.6 Å². The van der Waals surface area contributed by atoms with Crippen LogP contribution in [0.3, 0.4) is 0 Å². The molecule has 0 aromatic heterocycles. The number of nitro groups is 1. The molecular formula is C19H22FN3O4S. The molecule has 1 aliphatic heterocycles. The summed E-state index contributed by atoms with van der Waals surface area (Å²) in [5, 5.41) is 14.6. The molecule has 0 amide bonds. The van der Waals surface area contributed by atoms with Gasteiger partial charge in [-0.1, -0.05) is 18.2 Å². The van der Waals surface area contributed by atoms with Crippen LogP contribution in [0.5, 0.6) is 0 Å². The Balaban J connectivity index is 1.66. The Morgan fingerprint density at radius 2 is 1.82 bits per heavy atom. The molecule has 7 nitrogen and oxygen atoms in total. The molecule has 0 spiro atoms. The van der Waals surface area contributed by atoms with Crippen LogP contribution < -0.4 is 5.32 Å². The van der Waals surface area contributed by atoms with Crippen LogP contribution in [-0.2, 0) is 16.4 Å². The number of nitrogens with one attached hydrogen (secondary N) is 1. The quantitative estimate of drug-likeness (QED) is 0.584. The van der Waals surface area contributed by atoms with Gasteiger partial charge >= 0.3 is 5.69 Å². The van der Waals surface area contributed by atoms with Crippen molar-refractivity contribution in [3.63, 3.8) is 0 Å². The fraction of sp³-hybridized carbons (Fsp3) is 0.368. The number of anilines is 1. The molecule has 1 saturated heterocycles. The fourth-order valence-corrected chi connectivity index (χ4v) is 4.29. The molecule has 9 heteroatoms. The van der Waals surface area contributed by atoms with E-state index in [4.69, 9.17) is 0 Å². The Labute approximate surface area is 163 Å². The molecule has 0 bridgehead atoms. The Hall–Kier alpha value is -2.52. The second-order valence-electron chi connectivity index (χ2n) is 7.00. The van der Waals surface area contributed by atoms with Crippen LogP contribution in [-0.4, -0.2) is 43.6 Å². The number of likely N-dealkylation sites (tertiary alicyclic amines) is 1. The minimum absolute atomic E-state index is 0.0120. The van der Waals surface area contributed by atoms with E-state index in [-0.39, 0.29) is 22.4 Å². The predicted octanol–water partition coefficient (Wildman–Crippen LogP) is 3.21. The van der Waals surface area contributed by atoms with Crippen LogP contribution in [0.15, 0.2) is 47.4 Å². The number of hydrogen-bond donors (Lipinski definition) is 1. The van der Waals surface area contributed by atoms with Crippen LogP contribution >= 0.6 is 0 Å². The van der Waals surface area contributed by atoms with Gasteiger partial charge in [-0.15, -0.1) is 0 Å². The van der Waals surface area contributed by atoms with Crippen LogP contribution in [0.25, 0.3) is 0 Å². The van der Waals surface area contributed by atoms with Crippen LogP contribution in [0, 0.1) is 15.9 Å². The van der Waals surface area contributed by atoms with Gasteiger partial charge in [0.1, 0.15) is 16.4 Å². The SMILES string of the molecule is CS(=O)(=O)c1cccc(NC2CCN(Cc3ccc(F)cc3)CC2)c1[N+](=O)[O-]. The third-order valence-electron chi connectivity index (χ3n) is 4.85. The van der Waals surface area contributed by atoms with E-state index < -0.39 is 20.4 Å². The molecule has 28 heavy (non-hydrogen) atoms. The highest BCUT2D eigenvalue weighted by atomic mass is 32.2. The highest BCUT2D eigenvalue weighted by Gasteiger charge is 2.28. The highest BCUT2D eigenvalue weighted by molar-refractivity contribution is 7.90. The smallest absolute Gasteiger partial charge is 0.310 e. The number of nitro benzene ring substituents is 1.